The number of fused-ring (bicyclic) bond motifs is 1. The highest BCUT2D eigenvalue weighted by atomic mass is 19.4. The number of alkyl halides is 3. The molecule has 0 radical (unpaired) electrons. The van der Waals surface area contributed by atoms with Gasteiger partial charge in [-0.05, 0) is 57.3 Å². The highest BCUT2D eigenvalue weighted by molar-refractivity contribution is 5.92. The maximum absolute atomic E-state index is 9.67. The fourth-order valence-electron chi connectivity index (χ4n) is 4.20. The number of halogens is 3. The van der Waals surface area contributed by atoms with E-state index in [1.165, 1.54) is 6.42 Å². The molecule has 0 saturated carbocycles. The second kappa shape index (κ2) is 9.58. The first kappa shape index (κ1) is 22.2. The molecule has 0 aliphatic carbocycles. The topological polar surface area (TPSA) is 82.1 Å². The Kier molecular flexibility index (Phi) is 7.10. The molecule has 162 valence electrons. The molecule has 1 unspecified atom stereocenters. The Morgan fingerprint density at radius 1 is 1.17 bits per heavy atom. The maximum atomic E-state index is 9.67. The summed E-state index contributed by atoms with van der Waals surface area (Å²) in [6, 6.07) is 6.11. The van der Waals surface area contributed by atoms with Crippen LogP contribution in [0.3, 0.4) is 0 Å². The van der Waals surface area contributed by atoms with Gasteiger partial charge in [0.1, 0.15) is 17.1 Å². The van der Waals surface area contributed by atoms with Crippen molar-refractivity contribution in [3.8, 4) is 6.07 Å². The number of hydrogen-bond donors (Lipinski definition) is 1. The SMILES string of the molecule is CC1(N)CCN(CC2CCN(c3ccc(C#N)c4nccnc34)C2)CC1.FC(F)F. The third-order valence-electron chi connectivity index (χ3n) is 5.87. The number of hydrogen-bond acceptors (Lipinski definition) is 6. The number of nitrogens with zero attached hydrogens (tertiary/aromatic N) is 5. The van der Waals surface area contributed by atoms with Gasteiger partial charge >= 0.3 is 6.68 Å². The van der Waals surface area contributed by atoms with Crippen molar-refractivity contribution in [2.45, 2.75) is 38.4 Å². The summed E-state index contributed by atoms with van der Waals surface area (Å²) in [6.45, 7) is 3.92. The summed E-state index contributed by atoms with van der Waals surface area (Å²) in [6.07, 6.45) is 6.72. The molecule has 1 aromatic heterocycles. The number of rotatable bonds is 3. The van der Waals surface area contributed by atoms with Crippen molar-refractivity contribution in [1.82, 2.24) is 14.9 Å². The molecule has 6 nitrogen and oxygen atoms in total. The second-order valence-electron chi connectivity index (χ2n) is 8.30. The lowest BCUT2D eigenvalue weighted by molar-refractivity contribution is 0.00819. The lowest BCUT2D eigenvalue weighted by atomic mass is 9.90. The molecule has 1 atom stereocenters. The van der Waals surface area contributed by atoms with Crippen LogP contribution in [0.5, 0.6) is 0 Å². The molecular formula is C21H27F3N6. The van der Waals surface area contributed by atoms with E-state index in [0.717, 1.165) is 56.8 Å². The van der Waals surface area contributed by atoms with Crippen molar-refractivity contribution in [3.63, 3.8) is 0 Å². The lowest BCUT2D eigenvalue weighted by Gasteiger charge is -2.37. The fraction of sp³-hybridized carbons (Fsp3) is 0.571. The van der Waals surface area contributed by atoms with Crippen LogP contribution in [-0.4, -0.2) is 59.8 Å². The van der Waals surface area contributed by atoms with Crippen LogP contribution < -0.4 is 10.6 Å². The minimum absolute atomic E-state index is 0.0122. The number of anilines is 1. The van der Waals surface area contributed by atoms with E-state index in [2.05, 4.69) is 32.8 Å². The summed E-state index contributed by atoms with van der Waals surface area (Å²) in [4.78, 5) is 13.9. The minimum atomic E-state index is -3.67. The first-order valence-corrected chi connectivity index (χ1v) is 10.1. The Bertz CT molecular complexity index is 885. The third kappa shape index (κ3) is 5.58. The van der Waals surface area contributed by atoms with Crippen LogP contribution in [-0.2, 0) is 0 Å². The smallest absolute Gasteiger partial charge is 0.369 e. The summed E-state index contributed by atoms with van der Waals surface area (Å²) in [5.41, 5.74) is 9.49. The van der Waals surface area contributed by atoms with E-state index >= 15 is 0 Å². The van der Waals surface area contributed by atoms with E-state index in [4.69, 9.17) is 5.73 Å². The van der Waals surface area contributed by atoms with Crippen molar-refractivity contribution < 1.29 is 13.2 Å². The van der Waals surface area contributed by atoms with Gasteiger partial charge in [-0.1, -0.05) is 0 Å². The molecule has 2 aliphatic rings. The van der Waals surface area contributed by atoms with Gasteiger partial charge in [-0.15, -0.1) is 0 Å². The lowest BCUT2D eigenvalue weighted by Crippen LogP contribution is -2.49. The Morgan fingerprint density at radius 2 is 1.80 bits per heavy atom. The molecule has 0 spiro atoms. The van der Waals surface area contributed by atoms with E-state index in [1.54, 1.807) is 12.4 Å². The largest absolute Gasteiger partial charge is 0.379 e. The van der Waals surface area contributed by atoms with E-state index in [-0.39, 0.29) is 5.54 Å². The summed E-state index contributed by atoms with van der Waals surface area (Å²) in [5, 5.41) is 9.31. The zero-order valence-corrected chi connectivity index (χ0v) is 17.1. The second-order valence-corrected chi connectivity index (χ2v) is 8.30. The van der Waals surface area contributed by atoms with Gasteiger partial charge in [0.05, 0.1) is 11.3 Å². The van der Waals surface area contributed by atoms with Gasteiger partial charge < -0.3 is 15.5 Å². The zero-order valence-electron chi connectivity index (χ0n) is 17.1. The van der Waals surface area contributed by atoms with Gasteiger partial charge in [0.25, 0.3) is 0 Å². The average Bonchev–Trinajstić information content (AvgIpc) is 3.16. The van der Waals surface area contributed by atoms with Crippen LogP contribution in [0.1, 0.15) is 31.7 Å². The van der Waals surface area contributed by atoms with Gasteiger partial charge in [0.2, 0.25) is 0 Å². The molecule has 2 N–H and O–H groups in total. The Labute approximate surface area is 174 Å². The van der Waals surface area contributed by atoms with Crippen LogP contribution in [0.4, 0.5) is 18.9 Å². The number of likely N-dealkylation sites (tertiary alicyclic amines) is 1. The predicted molar refractivity (Wildman–Crippen MR) is 110 cm³/mol. The Balaban J connectivity index is 0.000000589. The van der Waals surface area contributed by atoms with Gasteiger partial charge in [-0.3, -0.25) is 9.97 Å². The Hall–Kier alpha value is -2.44. The van der Waals surface area contributed by atoms with Crippen molar-refractivity contribution in [2.24, 2.45) is 11.7 Å². The minimum Gasteiger partial charge on any atom is -0.369 e. The molecule has 30 heavy (non-hydrogen) atoms. The summed E-state index contributed by atoms with van der Waals surface area (Å²) >= 11 is 0. The molecule has 3 heterocycles. The van der Waals surface area contributed by atoms with E-state index in [9.17, 15) is 18.4 Å². The molecule has 0 amide bonds. The Morgan fingerprint density at radius 3 is 2.43 bits per heavy atom. The normalized spacial score (nSPS) is 21.4. The first-order chi connectivity index (χ1) is 14.3. The van der Waals surface area contributed by atoms with Crippen molar-refractivity contribution in [1.29, 1.82) is 5.26 Å². The number of piperidine rings is 1. The standard InChI is InChI=1S/C20H26N6.CHF3/c1-20(22)5-10-25(11-6-20)13-15-4-9-26(14-15)17-3-2-16(12-21)18-19(17)24-8-7-23-18;2-1(3)4/h2-3,7-8,15H,4-6,9-11,13-14,22H2,1H3;1H. The molecule has 0 bridgehead atoms. The number of benzene rings is 1. The van der Waals surface area contributed by atoms with Gasteiger partial charge in [-0.25, -0.2) is 0 Å². The third-order valence-corrected chi connectivity index (χ3v) is 5.87. The zero-order chi connectivity index (χ0) is 21.7. The van der Waals surface area contributed by atoms with Crippen molar-refractivity contribution in [3.05, 3.63) is 30.1 Å². The predicted octanol–water partition coefficient (Wildman–Crippen LogP) is 3.32. The van der Waals surface area contributed by atoms with Crippen LogP contribution in [0, 0.1) is 17.2 Å². The summed E-state index contributed by atoms with van der Waals surface area (Å²) in [5.74, 6) is 0.666. The van der Waals surface area contributed by atoms with E-state index < -0.39 is 6.68 Å². The molecule has 2 saturated heterocycles. The van der Waals surface area contributed by atoms with Gasteiger partial charge in [0, 0.05) is 37.6 Å². The number of aromatic nitrogens is 2. The average molecular weight is 420 g/mol. The maximum Gasteiger partial charge on any atom is 0.379 e. The molecule has 2 aromatic rings. The van der Waals surface area contributed by atoms with Crippen molar-refractivity contribution in [2.75, 3.05) is 37.6 Å². The van der Waals surface area contributed by atoms with Crippen LogP contribution in [0.15, 0.2) is 24.5 Å². The summed E-state index contributed by atoms with van der Waals surface area (Å²) < 4.78 is 29.0. The highest BCUT2D eigenvalue weighted by Crippen LogP contribution is 2.31. The highest BCUT2D eigenvalue weighted by Gasteiger charge is 2.30. The molecule has 9 heteroatoms. The van der Waals surface area contributed by atoms with Crippen LogP contribution >= 0.6 is 0 Å². The molecule has 2 fully saturated rings. The number of nitrogens with two attached hydrogens (primary N) is 1. The summed E-state index contributed by atoms with van der Waals surface area (Å²) in [7, 11) is 0. The van der Waals surface area contributed by atoms with Gasteiger partial charge in [0.15, 0.2) is 0 Å². The van der Waals surface area contributed by atoms with Crippen LogP contribution in [0.25, 0.3) is 11.0 Å². The van der Waals surface area contributed by atoms with Gasteiger partial charge in [-0.2, -0.15) is 18.4 Å². The van der Waals surface area contributed by atoms with E-state index in [0.29, 0.717) is 17.0 Å². The monoisotopic (exact) mass is 420 g/mol. The molecule has 2 aliphatic heterocycles. The fourth-order valence-corrected chi connectivity index (χ4v) is 4.20. The van der Waals surface area contributed by atoms with Crippen molar-refractivity contribution >= 4 is 16.7 Å². The van der Waals surface area contributed by atoms with E-state index in [1.807, 2.05) is 12.1 Å². The molecule has 1 aromatic carbocycles. The molecular weight excluding hydrogens is 393 g/mol. The molecule has 4 rings (SSSR count). The first-order valence-electron chi connectivity index (χ1n) is 10.1. The quantitative estimate of drug-likeness (QED) is 0.820. The van der Waals surface area contributed by atoms with Crippen LogP contribution in [0.2, 0.25) is 0 Å². The number of nitriles is 1.